The molecule has 2 aromatic rings. The first-order chi connectivity index (χ1) is 11.5. The summed E-state index contributed by atoms with van der Waals surface area (Å²) in [5.41, 5.74) is 7.36. The molecule has 0 fully saturated rings. The molecule has 0 atom stereocenters. The van der Waals surface area contributed by atoms with Crippen molar-refractivity contribution in [3.05, 3.63) is 45.8 Å². The molecule has 2 heterocycles. The van der Waals surface area contributed by atoms with Crippen LogP contribution in [0.1, 0.15) is 26.4 Å². The van der Waals surface area contributed by atoms with Crippen molar-refractivity contribution in [2.24, 2.45) is 5.73 Å². The van der Waals surface area contributed by atoms with Crippen molar-refractivity contribution in [1.82, 2.24) is 0 Å². The van der Waals surface area contributed by atoms with Gasteiger partial charge in [0.25, 0.3) is 5.91 Å². The van der Waals surface area contributed by atoms with Gasteiger partial charge in [0.2, 0.25) is 12.7 Å². The summed E-state index contributed by atoms with van der Waals surface area (Å²) in [6, 6.07) is 5.41. The van der Waals surface area contributed by atoms with Gasteiger partial charge in [0.1, 0.15) is 5.00 Å². The van der Waals surface area contributed by atoms with E-state index in [1.54, 1.807) is 18.2 Å². The third-order valence-corrected chi connectivity index (χ3v) is 4.81. The van der Waals surface area contributed by atoms with Gasteiger partial charge in [-0.15, -0.1) is 11.3 Å². The maximum Gasteiger partial charge on any atom is 0.251 e. The number of nitrogens with two attached hydrogens (primary N) is 1. The monoisotopic (exact) mass is 344 g/mol. The van der Waals surface area contributed by atoms with E-state index in [2.05, 4.69) is 5.32 Å². The second kappa shape index (κ2) is 6.37. The molecule has 3 rings (SSSR count). The number of thiophene rings is 1. The molecule has 0 radical (unpaired) electrons. The number of carbonyl (C=O) groups is 2. The van der Waals surface area contributed by atoms with Crippen LogP contribution < -0.4 is 20.5 Å². The van der Waals surface area contributed by atoms with E-state index < -0.39 is 5.91 Å². The first kappa shape index (κ1) is 16.1. The summed E-state index contributed by atoms with van der Waals surface area (Å²) in [7, 11) is 0. The largest absolute Gasteiger partial charge is 0.454 e. The Morgan fingerprint density at radius 2 is 2.00 bits per heavy atom. The maximum absolute atomic E-state index is 12.1. The average molecular weight is 344 g/mol. The third kappa shape index (κ3) is 3.11. The molecule has 0 saturated carbocycles. The molecule has 1 aromatic carbocycles. The molecule has 0 bridgehead atoms. The highest BCUT2D eigenvalue weighted by Gasteiger charge is 2.18. The van der Waals surface area contributed by atoms with Gasteiger partial charge < -0.3 is 20.5 Å². The Morgan fingerprint density at radius 3 is 2.75 bits per heavy atom. The van der Waals surface area contributed by atoms with Gasteiger partial charge >= 0.3 is 0 Å². The zero-order valence-electron chi connectivity index (χ0n) is 13.2. The molecule has 1 aliphatic rings. The minimum Gasteiger partial charge on any atom is -0.454 e. The molecule has 3 N–H and O–H groups in total. The topological polar surface area (TPSA) is 90.7 Å². The molecular weight excluding hydrogens is 328 g/mol. The average Bonchev–Trinajstić information content (AvgIpc) is 3.09. The molecular formula is C17H16N2O4S. The van der Waals surface area contributed by atoms with Gasteiger partial charge in [-0.3, -0.25) is 9.59 Å². The van der Waals surface area contributed by atoms with Gasteiger partial charge in [-0.05, 0) is 43.2 Å². The summed E-state index contributed by atoms with van der Waals surface area (Å²) in [4.78, 5) is 24.6. The first-order valence-corrected chi connectivity index (χ1v) is 8.06. The van der Waals surface area contributed by atoms with Gasteiger partial charge in [-0.2, -0.15) is 0 Å². The fourth-order valence-corrected chi connectivity index (χ4v) is 3.42. The Labute approximate surface area is 142 Å². The van der Waals surface area contributed by atoms with E-state index in [-0.39, 0.29) is 12.7 Å². The van der Waals surface area contributed by atoms with Crippen molar-refractivity contribution in [2.75, 3.05) is 12.1 Å². The number of rotatable bonds is 4. The molecule has 6 nitrogen and oxygen atoms in total. The molecule has 124 valence electrons. The smallest absolute Gasteiger partial charge is 0.251 e. The highest BCUT2D eigenvalue weighted by Crippen LogP contribution is 2.33. The molecule has 1 aromatic heterocycles. The Kier molecular flexibility index (Phi) is 4.26. The second-order valence-electron chi connectivity index (χ2n) is 5.29. The Bertz CT molecular complexity index is 855. The summed E-state index contributed by atoms with van der Waals surface area (Å²) >= 11 is 1.33. The summed E-state index contributed by atoms with van der Waals surface area (Å²) < 4.78 is 10.5. The van der Waals surface area contributed by atoms with E-state index in [1.165, 1.54) is 17.4 Å². The molecule has 2 amide bonds. The number of nitrogens with one attached hydrogen (secondary N) is 1. The standard InChI is InChI=1S/C17H16N2O4S/c1-9-10(2)24-17(15(9)16(18)21)19-14(20)6-4-11-3-5-12-13(7-11)23-8-22-12/h3-7H,8H2,1-2H3,(H2,18,21)(H,19,20)/b6-4-. The van der Waals surface area contributed by atoms with E-state index in [0.717, 1.165) is 16.0 Å². The number of hydrogen-bond donors (Lipinski definition) is 2. The van der Waals surface area contributed by atoms with Crippen molar-refractivity contribution >= 4 is 34.2 Å². The number of hydrogen-bond acceptors (Lipinski definition) is 5. The van der Waals surface area contributed by atoms with Crippen LogP contribution in [0.4, 0.5) is 5.00 Å². The molecule has 24 heavy (non-hydrogen) atoms. The maximum atomic E-state index is 12.1. The molecule has 0 aliphatic carbocycles. The molecule has 0 spiro atoms. The van der Waals surface area contributed by atoms with Crippen LogP contribution in [0.3, 0.4) is 0 Å². The van der Waals surface area contributed by atoms with E-state index in [1.807, 2.05) is 19.9 Å². The summed E-state index contributed by atoms with van der Waals surface area (Å²) in [6.45, 7) is 3.89. The molecule has 0 saturated heterocycles. The van der Waals surface area contributed by atoms with Gasteiger partial charge in [-0.25, -0.2) is 0 Å². The zero-order chi connectivity index (χ0) is 17.3. The fourth-order valence-electron chi connectivity index (χ4n) is 2.35. The van der Waals surface area contributed by atoms with Gasteiger partial charge in [0.15, 0.2) is 11.5 Å². The van der Waals surface area contributed by atoms with E-state index in [9.17, 15) is 9.59 Å². The molecule has 7 heteroatoms. The predicted molar refractivity (Wildman–Crippen MR) is 92.5 cm³/mol. The van der Waals surface area contributed by atoms with Gasteiger partial charge in [-0.1, -0.05) is 6.07 Å². The van der Waals surface area contributed by atoms with E-state index in [0.29, 0.717) is 22.1 Å². The van der Waals surface area contributed by atoms with Crippen LogP contribution in [0.2, 0.25) is 0 Å². The van der Waals surface area contributed by atoms with Crippen LogP contribution in [0.5, 0.6) is 11.5 Å². The summed E-state index contributed by atoms with van der Waals surface area (Å²) in [6.07, 6.45) is 3.06. The number of primary amides is 1. The van der Waals surface area contributed by atoms with Gasteiger partial charge in [0, 0.05) is 11.0 Å². The minimum atomic E-state index is -0.549. The summed E-state index contributed by atoms with van der Waals surface area (Å²) in [5, 5.41) is 3.18. The van der Waals surface area contributed by atoms with Crippen molar-refractivity contribution in [3.63, 3.8) is 0 Å². The Morgan fingerprint density at radius 1 is 1.25 bits per heavy atom. The van der Waals surface area contributed by atoms with Crippen molar-refractivity contribution in [3.8, 4) is 11.5 Å². The number of ether oxygens (including phenoxy) is 2. The van der Waals surface area contributed by atoms with Crippen LogP contribution in [-0.4, -0.2) is 18.6 Å². The lowest BCUT2D eigenvalue weighted by molar-refractivity contribution is -0.111. The number of carbonyl (C=O) groups excluding carboxylic acids is 2. The third-order valence-electron chi connectivity index (χ3n) is 3.69. The lowest BCUT2D eigenvalue weighted by Crippen LogP contribution is -2.16. The number of benzene rings is 1. The van der Waals surface area contributed by atoms with Crippen LogP contribution in [-0.2, 0) is 4.79 Å². The van der Waals surface area contributed by atoms with Crippen molar-refractivity contribution < 1.29 is 19.1 Å². The van der Waals surface area contributed by atoms with Crippen molar-refractivity contribution in [2.45, 2.75) is 13.8 Å². The lowest BCUT2D eigenvalue weighted by atomic mass is 10.1. The zero-order valence-corrected chi connectivity index (χ0v) is 14.0. The SMILES string of the molecule is Cc1sc(NC(=O)/C=C\c2ccc3c(c2)OCO3)c(C(N)=O)c1C. The predicted octanol–water partition coefficient (Wildman–Crippen LogP) is 2.84. The quantitative estimate of drug-likeness (QED) is 0.835. The Balaban J connectivity index is 1.74. The lowest BCUT2D eigenvalue weighted by Gasteiger charge is -2.02. The number of anilines is 1. The highest BCUT2D eigenvalue weighted by atomic mass is 32.1. The minimum absolute atomic E-state index is 0.204. The van der Waals surface area contributed by atoms with E-state index in [4.69, 9.17) is 15.2 Å². The van der Waals surface area contributed by atoms with Crippen LogP contribution >= 0.6 is 11.3 Å². The molecule has 1 aliphatic heterocycles. The number of fused-ring (bicyclic) bond motifs is 1. The second-order valence-corrected chi connectivity index (χ2v) is 6.51. The van der Waals surface area contributed by atoms with Gasteiger partial charge in [0.05, 0.1) is 5.56 Å². The van der Waals surface area contributed by atoms with Crippen molar-refractivity contribution in [1.29, 1.82) is 0 Å². The van der Waals surface area contributed by atoms with Crippen LogP contribution in [0, 0.1) is 13.8 Å². The number of amides is 2. The fraction of sp³-hybridized carbons (Fsp3) is 0.176. The van der Waals surface area contributed by atoms with Crippen LogP contribution in [0.15, 0.2) is 24.3 Å². The normalized spacial score (nSPS) is 12.6. The summed E-state index contributed by atoms with van der Waals surface area (Å²) in [5.74, 6) is 0.452. The first-order valence-electron chi connectivity index (χ1n) is 7.24. The van der Waals surface area contributed by atoms with E-state index >= 15 is 0 Å². The molecule has 0 unspecified atom stereocenters. The number of aryl methyl sites for hydroxylation is 1. The van der Waals surface area contributed by atoms with Crippen LogP contribution in [0.25, 0.3) is 6.08 Å². The Hall–Kier alpha value is -2.80. The highest BCUT2D eigenvalue weighted by molar-refractivity contribution is 7.16.